The molecule has 3 heterocycles. The van der Waals surface area contributed by atoms with Gasteiger partial charge in [-0.05, 0) is 65.2 Å². The zero-order chi connectivity index (χ0) is 41.0. The second kappa shape index (κ2) is 14.7. The van der Waals surface area contributed by atoms with Crippen molar-refractivity contribution in [1.29, 1.82) is 0 Å². The summed E-state index contributed by atoms with van der Waals surface area (Å²) in [4.78, 5) is 15.5. The highest BCUT2D eigenvalue weighted by molar-refractivity contribution is 6.12. The number of hydrogen-bond donors (Lipinski definition) is 0. The molecule has 0 saturated heterocycles. The topological polar surface area (TPSA) is 48.5 Å². The van der Waals surface area contributed by atoms with E-state index in [-0.39, 0.29) is 0 Å². The Kier molecular flexibility index (Phi) is 8.42. The van der Waals surface area contributed by atoms with Crippen molar-refractivity contribution < 1.29 is 0 Å². The van der Waals surface area contributed by atoms with Gasteiger partial charge in [-0.2, -0.15) is 0 Å². The normalized spacial score (nSPS) is 11.5. The molecule has 0 bridgehead atoms. The van der Waals surface area contributed by atoms with Gasteiger partial charge in [0, 0.05) is 49.5 Å². The van der Waals surface area contributed by atoms with Crippen LogP contribution in [0.3, 0.4) is 0 Å². The quantitative estimate of drug-likeness (QED) is 0.162. The summed E-state index contributed by atoms with van der Waals surface area (Å²) in [6.45, 7) is 0. The first kappa shape index (κ1) is 35.5. The lowest BCUT2D eigenvalue weighted by atomic mass is 10.0. The Morgan fingerprint density at radius 1 is 0.258 bits per heavy atom. The minimum absolute atomic E-state index is 0.606. The van der Waals surface area contributed by atoms with E-state index in [4.69, 9.17) is 15.0 Å². The Labute approximate surface area is 358 Å². The van der Waals surface area contributed by atoms with Gasteiger partial charge in [0.1, 0.15) is 0 Å². The van der Waals surface area contributed by atoms with Crippen LogP contribution in [0, 0.1) is 0 Å². The predicted octanol–water partition coefficient (Wildman–Crippen LogP) is 14.4. The third kappa shape index (κ3) is 5.98. The molecule has 5 nitrogen and oxygen atoms in total. The van der Waals surface area contributed by atoms with E-state index >= 15 is 0 Å². The zero-order valence-electron chi connectivity index (χ0n) is 33.6. The van der Waals surface area contributed by atoms with Gasteiger partial charge in [0.25, 0.3) is 0 Å². The zero-order valence-corrected chi connectivity index (χ0v) is 33.6. The van der Waals surface area contributed by atoms with E-state index in [0.29, 0.717) is 17.5 Å². The summed E-state index contributed by atoms with van der Waals surface area (Å²) in [6.07, 6.45) is 0. The summed E-state index contributed by atoms with van der Waals surface area (Å²) in [7, 11) is 0. The Morgan fingerprint density at radius 3 is 1.34 bits per heavy atom. The first-order chi connectivity index (χ1) is 30.7. The lowest BCUT2D eigenvalue weighted by Gasteiger charge is -2.17. The van der Waals surface area contributed by atoms with Crippen molar-refractivity contribution in [1.82, 2.24) is 24.1 Å². The lowest BCUT2D eigenvalue weighted by molar-refractivity contribution is 1.07. The van der Waals surface area contributed by atoms with E-state index < -0.39 is 0 Å². The molecule has 12 rings (SSSR count). The standard InChI is InChI=1S/C57H37N5/c1-4-17-38(18-5-1)41-23-16-24-42(35-41)56-58-55(40-21-8-3-9-22-40)59-57(60-56)43-31-33-45(39-19-6-2-7-20-39)54(36-43)62-52-30-15-12-27-48(52)49-37-44(32-34-53(49)62)61-50-28-13-10-25-46(50)47-26-11-14-29-51(47)61/h1-37H. The molecule has 290 valence electrons. The SMILES string of the molecule is c1ccc(-c2cccc(-c3nc(-c4ccccc4)nc(-c4ccc(-c5ccccc5)c(-n5c6ccccc6c6cc(-n7c8ccccc8c8ccccc87)ccc65)c4)n3)c2)cc1. The van der Waals surface area contributed by atoms with Crippen molar-refractivity contribution in [3.8, 4) is 67.8 Å². The molecule has 0 N–H and O–H groups in total. The number of nitrogens with zero attached hydrogens (tertiary/aromatic N) is 5. The molecule has 0 spiro atoms. The highest BCUT2D eigenvalue weighted by Gasteiger charge is 2.20. The Morgan fingerprint density at radius 2 is 0.710 bits per heavy atom. The molecule has 9 aromatic carbocycles. The van der Waals surface area contributed by atoms with Crippen LogP contribution in [0.15, 0.2) is 224 Å². The van der Waals surface area contributed by atoms with Crippen molar-refractivity contribution >= 4 is 43.6 Å². The highest BCUT2D eigenvalue weighted by Crippen LogP contribution is 2.40. The van der Waals surface area contributed by atoms with Gasteiger partial charge in [-0.3, -0.25) is 0 Å². The Balaban J connectivity index is 1.08. The molecule has 5 heteroatoms. The maximum Gasteiger partial charge on any atom is 0.164 e. The molecule has 0 aliphatic rings. The van der Waals surface area contributed by atoms with E-state index in [1.165, 1.54) is 32.6 Å². The fraction of sp³-hybridized carbons (Fsp3) is 0. The average Bonchev–Trinajstić information content (AvgIpc) is 3.87. The number of hydrogen-bond acceptors (Lipinski definition) is 3. The van der Waals surface area contributed by atoms with Crippen LogP contribution in [-0.4, -0.2) is 24.1 Å². The van der Waals surface area contributed by atoms with Crippen molar-refractivity contribution in [2.45, 2.75) is 0 Å². The first-order valence-corrected chi connectivity index (χ1v) is 20.9. The molecule has 0 unspecified atom stereocenters. The van der Waals surface area contributed by atoms with Crippen LogP contribution in [0.2, 0.25) is 0 Å². The molecule has 0 atom stereocenters. The van der Waals surface area contributed by atoms with Crippen LogP contribution >= 0.6 is 0 Å². The van der Waals surface area contributed by atoms with Gasteiger partial charge in [0.15, 0.2) is 17.5 Å². The Hall–Kier alpha value is -8.41. The van der Waals surface area contributed by atoms with Gasteiger partial charge >= 0.3 is 0 Å². The predicted molar refractivity (Wildman–Crippen MR) is 256 cm³/mol. The molecule has 0 aliphatic carbocycles. The second-order valence-electron chi connectivity index (χ2n) is 15.6. The minimum Gasteiger partial charge on any atom is -0.309 e. The number of para-hydroxylation sites is 3. The van der Waals surface area contributed by atoms with E-state index in [1.54, 1.807) is 0 Å². The summed E-state index contributed by atoms with van der Waals surface area (Å²) < 4.78 is 4.81. The van der Waals surface area contributed by atoms with E-state index in [0.717, 1.165) is 61.4 Å². The third-order valence-corrected chi connectivity index (χ3v) is 12.0. The van der Waals surface area contributed by atoms with E-state index in [1.807, 2.05) is 24.3 Å². The molecule has 0 aliphatic heterocycles. The minimum atomic E-state index is 0.606. The van der Waals surface area contributed by atoms with Gasteiger partial charge in [-0.1, -0.05) is 176 Å². The second-order valence-corrected chi connectivity index (χ2v) is 15.6. The van der Waals surface area contributed by atoms with Gasteiger partial charge < -0.3 is 9.13 Å². The maximum atomic E-state index is 5.24. The molecule has 0 fully saturated rings. The van der Waals surface area contributed by atoms with Crippen LogP contribution in [0.5, 0.6) is 0 Å². The van der Waals surface area contributed by atoms with Crippen molar-refractivity contribution in [3.05, 3.63) is 224 Å². The lowest BCUT2D eigenvalue weighted by Crippen LogP contribution is -2.02. The first-order valence-electron chi connectivity index (χ1n) is 20.9. The molecule has 62 heavy (non-hydrogen) atoms. The summed E-state index contributed by atoms with van der Waals surface area (Å²) in [5.41, 5.74) is 14.0. The van der Waals surface area contributed by atoms with Gasteiger partial charge in [-0.15, -0.1) is 0 Å². The van der Waals surface area contributed by atoms with Crippen molar-refractivity contribution in [3.63, 3.8) is 0 Å². The van der Waals surface area contributed by atoms with Crippen LogP contribution in [0.4, 0.5) is 0 Å². The largest absolute Gasteiger partial charge is 0.309 e. The summed E-state index contributed by atoms with van der Waals surface area (Å²) in [5.74, 6) is 1.85. The molecular formula is C57H37N5. The number of rotatable bonds is 7. The van der Waals surface area contributed by atoms with Gasteiger partial charge in [0.05, 0.1) is 27.8 Å². The van der Waals surface area contributed by atoms with Crippen LogP contribution in [0.25, 0.3) is 111 Å². The molecule has 12 aromatic rings. The molecule has 0 saturated carbocycles. The summed E-state index contributed by atoms with van der Waals surface area (Å²) in [6, 6.07) is 79.3. The van der Waals surface area contributed by atoms with Gasteiger partial charge in [-0.25, -0.2) is 15.0 Å². The summed E-state index contributed by atoms with van der Waals surface area (Å²) in [5, 5.41) is 4.85. The highest BCUT2D eigenvalue weighted by atomic mass is 15.0. The fourth-order valence-electron chi connectivity index (χ4n) is 9.10. The van der Waals surface area contributed by atoms with Gasteiger partial charge in [0.2, 0.25) is 0 Å². The average molecular weight is 792 g/mol. The molecule has 0 amide bonds. The fourth-order valence-corrected chi connectivity index (χ4v) is 9.10. The van der Waals surface area contributed by atoms with Crippen molar-refractivity contribution in [2.75, 3.05) is 0 Å². The smallest absolute Gasteiger partial charge is 0.164 e. The van der Waals surface area contributed by atoms with Crippen molar-refractivity contribution in [2.24, 2.45) is 0 Å². The number of fused-ring (bicyclic) bond motifs is 6. The summed E-state index contributed by atoms with van der Waals surface area (Å²) >= 11 is 0. The van der Waals surface area contributed by atoms with E-state index in [9.17, 15) is 0 Å². The van der Waals surface area contributed by atoms with Crippen LogP contribution in [0.1, 0.15) is 0 Å². The third-order valence-electron chi connectivity index (χ3n) is 12.0. The maximum absolute atomic E-state index is 5.24. The van der Waals surface area contributed by atoms with Crippen LogP contribution < -0.4 is 0 Å². The monoisotopic (exact) mass is 791 g/mol. The Bertz CT molecular complexity index is 3570. The van der Waals surface area contributed by atoms with E-state index in [2.05, 4.69) is 209 Å². The molecule has 0 radical (unpaired) electrons. The van der Waals surface area contributed by atoms with Crippen LogP contribution in [-0.2, 0) is 0 Å². The number of aromatic nitrogens is 5. The number of benzene rings is 9. The molecular weight excluding hydrogens is 755 g/mol. The molecule has 3 aromatic heterocycles.